The van der Waals surface area contributed by atoms with Crippen molar-refractivity contribution in [2.45, 2.75) is 44.3 Å². The zero-order valence-electron chi connectivity index (χ0n) is 15.7. The van der Waals surface area contributed by atoms with Crippen molar-refractivity contribution in [3.63, 3.8) is 0 Å². The summed E-state index contributed by atoms with van der Waals surface area (Å²) in [4.78, 5) is 17.5. The van der Waals surface area contributed by atoms with Gasteiger partial charge in [-0.15, -0.1) is 0 Å². The lowest BCUT2D eigenvalue weighted by Gasteiger charge is -2.37. The molecule has 2 saturated heterocycles. The Morgan fingerprint density at radius 3 is 2.74 bits per heavy atom. The molecule has 0 radical (unpaired) electrons. The first-order valence-corrected chi connectivity index (χ1v) is 10.2. The molecule has 1 aromatic carbocycles. The molecule has 7 nitrogen and oxygen atoms in total. The summed E-state index contributed by atoms with van der Waals surface area (Å²) in [5.74, 6) is 2.40. The van der Waals surface area contributed by atoms with E-state index in [1.807, 2.05) is 11.0 Å². The van der Waals surface area contributed by atoms with E-state index < -0.39 is 0 Å². The summed E-state index contributed by atoms with van der Waals surface area (Å²) in [6.07, 6.45) is 4.86. The normalized spacial score (nSPS) is 30.4. The number of rotatable bonds is 3. The Kier molecular flexibility index (Phi) is 4.67. The SMILES string of the molecule is O=C(C1NNC2CCCCC21)N1CCN(Cc2ccc3c(c2)OCO3)CC1. The van der Waals surface area contributed by atoms with Gasteiger partial charge in [0.1, 0.15) is 6.04 Å². The standard InChI is InChI=1S/C20H28N4O3/c25-20(19-15-3-1-2-4-16(15)21-22-19)24-9-7-23(8-10-24)12-14-5-6-17-18(11-14)27-13-26-17/h5-6,11,15-16,19,21-22H,1-4,7-10,12-13H2. The van der Waals surface area contributed by atoms with Crippen molar-refractivity contribution in [2.24, 2.45) is 5.92 Å². The van der Waals surface area contributed by atoms with Gasteiger partial charge in [0.05, 0.1) is 0 Å². The van der Waals surface area contributed by atoms with E-state index in [9.17, 15) is 4.79 Å². The lowest BCUT2D eigenvalue weighted by molar-refractivity contribution is -0.136. The van der Waals surface area contributed by atoms with E-state index >= 15 is 0 Å². The largest absolute Gasteiger partial charge is 0.454 e. The third-order valence-electron chi connectivity index (χ3n) is 6.46. The molecule has 3 aliphatic heterocycles. The molecule has 146 valence electrons. The maximum atomic E-state index is 13.0. The van der Waals surface area contributed by atoms with Gasteiger partial charge in [0, 0.05) is 44.7 Å². The van der Waals surface area contributed by atoms with Gasteiger partial charge in [0.25, 0.3) is 0 Å². The molecule has 3 unspecified atom stereocenters. The number of carbonyl (C=O) groups is 1. The van der Waals surface area contributed by atoms with Gasteiger partial charge in [-0.2, -0.15) is 0 Å². The van der Waals surface area contributed by atoms with Crippen LogP contribution in [0.3, 0.4) is 0 Å². The van der Waals surface area contributed by atoms with Gasteiger partial charge in [0.15, 0.2) is 11.5 Å². The van der Waals surface area contributed by atoms with Crippen LogP contribution < -0.4 is 20.3 Å². The maximum absolute atomic E-state index is 13.0. The second-order valence-corrected chi connectivity index (χ2v) is 8.11. The molecular formula is C20H28N4O3. The predicted molar refractivity (Wildman–Crippen MR) is 100 cm³/mol. The summed E-state index contributed by atoms with van der Waals surface area (Å²) in [7, 11) is 0. The number of benzene rings is 1. The predicted octanol–water partition coefficient (Wildman–Crippen LogP) is 1.09. The average molecular weight is 372 g/mol. The minimum atomic E-state index is -0.0456. The minimum Gasteiger partial charge on any atom is -0.454 e. The van der Waals surface area contributed by atoms with Crippen molar-refractivity contribution in [3.05, 3.63) is 23.8 Å². The molecule has 1 aromatic rings. The number of carbonyl (C=O) groups excluding carboxylic acids is 1. The summed E-state index contributed by atoms with van der Waals surface area (Å²) < 4.78 is 10.8. The minimum absolute atomic E-state index is 0.0456. The van der Waals surface area contributed by atoms with Crippen LogP contribution in [-0.4, -0.2) is 60.8 Å². The van der Waals surface area contributed by atoms with Crippen molar-refractivity contribution < 1.29 is 14.3 Å². The highest BCUT2D eigenvalue weighted by atomic mass is 16.7. The highest BCUT2D eigenvalue weighted by molar-refractivity contribution is 5.82. The fourth-order valence-corrected chi connectivity index (χ4v) is 4.91. The summed E-state index contributed by atoms with van der Waals surface area (Å²) in [6, 6.07) is 6.58. The monoisotopic (exact) mass is 372 g/mol. The molecule has 5 rings (SSSR count). The van der Waals surface area contributed by atoms with Crippen molar-refractivity contribution in [2.75, 3.05) is 33.0 Å². The topological polar surface area (TPSA) is 66.1 Å². The van der Waals surface area contributed by atoms with Crippen molar-refractivity contribution in [1.29, 1.82) is 0 Å². The van der Waals surface area contributed by atoms with Crippen LogP contribution in [0.15, 0.2) is 18.2 Å². The van der Waals surface area contributed by atoms with Crippen molar-refractivity contribution in [1.82, 2.24) is 20.7 Å². The zero-order valence-corrected chi connectivity index (χ0v) is 15.7. The Morgan fingerprint density at radius 2 is 1.85 bits per heavy atom. The number of nitrogens with zero attached hydrogens (tertiary/aromatic N) is 2. The molecule has 0 aromatic heterocycles. The Bertz CT molecular complexity index is 704. The second kappa shape index (κ2) is 7.30. The van der Waals surface area contributed by atoms with Crippen LogP contribution in [-0.2, 0) is 11.3 Å². The highest BCUT2D eigenvalue weighted by Gasteiger charge is 2.42. The first-order chi connectivity index (χ1) is 13.3. The molecule has 27 heavy (non-hydrogen) atoms. The average Bonchev–Trinajstić information content (AvgIpc) is 3.34. The molecule has 1 aliphatic carbocycles. The third kappa shape index (κ3) is 3.39. The first-order valence-electron chi connectivity index (χ1n) is 10.2. The lowest BCUT2D eigenvalue weighted by atomic mass is 9.81. The first kappa shape index (κ1) is 17.3. The third-order valence-corrected chi connectivity index (χ3v) is 6.46. The number of fused-ring (bicyclic) bond motifs is 2. The van der Waals surface area contributed by atoms with Crippen molar-refractivity contribution in [3.8, 4) is 11.5 Å². The molecule has 1 amide bonds. The van der Waals surface area contributed by atoms with Crippen LogP contribution in [0.5, 0.6) is 11.5 Å². The van der Waals surface area contributed by atoms with Crippen LogP contribution >= 0.6 is 0 Å². The Balaban J connectivity index is 1.15. The van der Waals surface area contributed by atoms with Gasteiger partial charge >= 0.3 is 0 Å². The molecule has 7 heteroatoms. The quantitative estimate of drug-likeness (QED) is 0.828. The molecule has 2 N–H and O–H groups in total. The molecule has 3 atom stereocenters. The lowest BCUT2D eigenvalue weighted by Crippen LogP contribution is -2.54. The summed E-state index contributed by atoms with van der Waals surface area (Å²) >= 11 is 0. The van der Waals surface area contributed by atoms with Gasteiger partial charge in [-0.25, -0.2) is 5.43 Å². The fourth-order valence-electron chi connectivity index (χ4n) is 4.91. The van der Waals surface area contributed by atoms with Gasteiger partial charge < -0.3 is 14.4 Å². The van der Waals surface area contributed by atoms with E-state index in [-0.39, 0.29) is 11.9 Å². The molecule has 3 fully saturated rings. The van der Waals surface area contributed by atoms with Crippen LogP contribution in [0, 0.1) is 5.92 Å². The van der Waals surface area contributed by atoms with Crippen LogP contribution in [0.4, 0.5) is 0 Å². The number of hydrogen-bond donors (Lipinski definition) is 2. The number of piperazine rings is 1. The fraction of sp³-hybridized carbons (Fsp3) is 0.650. The molecule has 0 bridgehead atoms. The van der Waals surface area contributed by atoms with E-state index in [4.69, 9.17) is 9.47 Å². The van der Waals surface area contributed by atoms with Gasteiger partial charge in [-0.05, 0) is 30.5 Å². The van der Waals surface area contributed by atoms with E-state index in [2.05, 4.69) is 27.9 Å². The van der Waals surface area contributed by atoms with E-state index in [1.54, 1.807) is 0 Å². The summed E-state index contributed by atoms with van der Waals surface area (Å²) in [5.41, 5.74) is 7.88. The number of nitrogens with one attached hydrogen (secondary N) is 2. The number of ether oxygens (including phenoxy) is 2. The van der Waals surface area contributed by atoms with Crippen molar-refractivity contribution >= 4 is 5.91 Å². The molecule has 3 heterocycles. The Labute approximate surface area is 159 Å². The summed E-state index contributed by atoms with van der Waals surface area (Å²) in [5, 5.41) is 0. The van der Waals surface area contributed by atoms with E-state index in [1.165, 1.54) is 24.8 Å². The van der Waals surface area contributed by atoms with Crippen LogP contribution in [0.2, 0.25) is 0 Å². The molecule has 0 spiro atoms. The maximum Gasteiger partial charge on any atom is 0.241 e. The number of amides is 1. The van der Waals surface area contributed by atoms with Gasteiger partial charge in [0.2, 0.25) is 12.7 Å². The molecule has 1 saturated carbocycles. The van der Waals surface area contributed by atoms with E-state index in [0.29, 0.717) is 18.8 Å². The number of hydrazine groups is 1. The Hall–Kier alpha value is -1.83. The highest BCUT2D eigenvalue weighted by Crippen LogP contribution is 2.33. The van der Waals surface area contributed by atoms with E-state index in [0.717, 1.165) is 50.6 Å². The molecular weight excluding hydrogens is 344 g/mol. The number of hydrogen-bond acceptors (Lipinski definition) is 6. The van der Waals surface area contributed by atoms with Gasteiger partial charge in [-0.3, -0.25) is 15.1 Å². The van der Waals surface area contributed by atoms with Crippen LogP contribution in [0.25, 0.3) is 0 Å². The molecule has 4 aliphatic rings. The van der Waals surface area contributed by atoms with Gasteiger partial charge in [-0.1, -0.05) is 18.9 Å². The summed E-state index contributed by atoms with van der Waals surface area (Å²) in [6.45, 7) is 4.62. The zero-order chi connectivity index (χ0) is 18.2. The second-order valence-electron chi connectivity index (χ2n) is 8.11. The van der Waals surface area contributed by atoms with Crippen LogP contribution in [0.1, 0.15) is 31.2 Å². The smallest absolute Gasteiger partial charge is 0.241 e. The Morgan fingerprint density at radius 1 is 1.04 bits per heavy atom.